The van der Waals surface area contributed by atoms with Gasteiger partial charge in [0.05, 0.1) is 5.75 Å². The van der Waals surface area contributed by atoms with Gasteiger partial charge in [-0.25, -0.2) is 8.42 Å². The second-order valence-corrected chi connectivity index (χ2v) is 6.80. The molecule has 19 heavy (non-hydrogen) atoms. The highest BCUT2D eigenvalue weighted by atomic mass is 32.2. The summed E-state index contributed by atoms with van der Waals surface area (Å²) in [6.07, 6.45) is 1.22. The van der Waals surface area contributed by atoms with Crippen LogP contribution in [0.2, 0.25) is 0 Å². The first kappa shape index (κ1) is 15.3. The van der Waals surface area contributed by atoms with E-state index in [1.54, 1.807) is 6.07 Å². The average Bonchev–Trinajstić information content (AvgIpc) is 2.34. The van der Waals surface area contributed by atoms with Crippen molar-refractivity contribution in [3.8, 4) is 0 Å². The van der Waals surface area contributed by atoms with Crippen LogP contribution in [-0.4, -0.2) is 45.1 Å². The molecule has 0 unspecified atom stereocenters. The van der Waals surface area contributed by atoms with Crippen LogP contribution in [0.15, 0.2) is 23.4 Å². The van der Waals surface area contributed by atoms with Crippen LogP contribution in [0, 0.1) is 6.92 Å². The summed E-state index contributed by atoms with van der Waals surface area (Å²) in [4.78, 5) is 1.85. The van der Waals surface area contributed by atoms with Crippen molar-refractivity contribution in [3.05, 3.63) is 29.3 Å². The van der Waals surface area contributed by atoms with Gasteiger partial charge in [0.2, 0.25) is 0 Å². The van der Waals surface area contributed by atoms with E-state index in [-0.39, 0.29) is 11.6 Å². The van der Waals surface area contributed by atoms with Crippen LogP contribution in [0.1, 0.15) is 11.1 Å². The molecular weight excluding hydrogens is 266 g/mol. The van der Waals surface area contributed by atoms with E-state index in [4.69, 9.17) is 10.9 Å². The highest BCUT2D eigenvalue weighted by molar-refractivity contribution is 7.90. The molecule has 1 rings (SSSR count). The van der Waals surface area contributed by atoms with E-state index in [9.17, 15) is 8.42 Å². The molecule has 0 spiro atoms. The number of aryl methyl sites for hydroxylation is 1. The molecule has 0 aliphatic carbocycles. The summed E-state index contributed by atoms with van der Waals surface area (Å²) in [6.45, 7) is 2.27. The van der Waals surface area contributed by atoms with Gasteiger partial charge in [-0.2, -0.15) is 0 Å². The zero-order chi connectivity index (χ0) is 14.6. The van der Waals surface area contributed by atoms with Crippen molar-refractivity contribution in [2.24, 2.45) is 10.9 Å². The van der Waals surface area contributed by atoms with Gasteiger partial charge in [-0.05, 0) is 30.7 Å². The fourth-order valence-electron chi connectivity index (χ4n) is 1.66. The number of hydrogen-bond acceptors (Lipinski definition) is 5. The molecule has 0 radical (unpaired) electrons. The number of hydrogen-bond donors (Lipinski definition) is 2. The molecule has 0 saturated heterocycles. The summed E-state index contributed by atoms with van der Waals surface area (Å²) >= 11 is 0. The van der Waals surface area contributed by atoms with Gasteiger partial charge < -0.3 is 15.8 Å². The Labute approximate surface area is 113 Å². The van der Waals surface area contributed by atoms with Crippen LogP contribution in [-0.2, 0) is 9.84 Å². The standard InChI is InChI=1S/C12H19N3O3S/c1-9-8-10(4-5-11(9)12(13)14-16)15(2)6-7-19(3,17)18/h4-5,8,16H,6-7H2,1-3H3,(H2,13,14). The first-order chi connectivity index (χ1) is 8.74. The van der Waals surface area contributed by atoms with Crippen molar-refractivity contribution in [2.75, 3.05) is 30.5 Å². The van der Waals surface area contributed by atoms with Crippen molar-refractivity contribution in [1.82, 2.24) is 0 Å². The summed E-state index contributed by atoms with van der Waals surface area (Å²) in [5.74, 6) is 0.160. The van der Waals surface area contributed by atoms with E-state index in [0.717, 1.165) is 11.3 Å². The van der Waals surface area contributed by atoms with Gasteiger partial charge in [-0.1, -0.05) is 5.16 Å². The zero-order valence-corrected chi connectivity index (χ0v) is 12.1. The normalized spacial score (nSPS) is 12.5. The van der Waals surface area contributed by atoms with Crippen LogP contribution in [0.5, 0.6) is 0 Å². The maximum Gasteiger partial charge on any atom is 0.170 e. The molecule has 0 fully saturated rings. The van der Waals surface area contributed by atoms with Gasteiger partial charge >= 0.3 is 0 Å². The minimum atomic E-state index is -2.98. The van der Waals surface area contributed by atoms with E-state index < -0.39 is 9.84 Å². The second-order valence-electron chi connectivity index (χ2n) is 4.54. The van der Waals surface area contributed by atoms with Gasteiger partial charge in [0.1, 0.15) is 9.84 Å². The first-order valence-corrected chi connectivity index (χ1v) is 7.78. The molecule has 0 saturated carbocycles. The smallest absolute Gasteiger partial charge is 0.170 e. The zero-order valence-electron chi connectivity index (χ0n) is 11.3. The first-order valence-electron chi connectivity index (χ1n) is 5.72. The molecule has 0 bridgehead atoms. The third-order valence-corrected chi connectivity index (χ3v) is 3.76. The van der Waals surface area contributed by atoms with Crippen LogP contribution in [0.4, 0.5) is 5.69 Å². The van der Waals surface area contributed by atoms with E-state index in [0.29, 0.717) is 12.1 Å². The van der Waals surface area contributed by atoms with Crippen molar-refractivity contribution >= 4 is 21.4 Å². The van der Waals surface area contributed by atoms with Gasteiger partial charge in [0.25, 0.3) is 0 Å². The Bertz CT molecular complexity index is 582. The maximum absolute atomic E-state index is 11.1. The predicted octanol–water partition coefficient (Wildman–Crippen LogP) is 0.570. The number of sulfone groups is 1. The Morgan fingerprint density at radius 2 is 2.11 bits per heavy atom. The van der Waals surface area contributed by atoms with Crippen molar-refractivity contribution in [3.63, 3.8) is 0 Å². The van der Waals surface area contributed by atoms with Crippen LogP contribution < -0.4 is 10.6 Å². The Balaban J connectivity index is 2.89. The summed E-state index contributed by atoms with van der Waals surface area (Å²) in [7, 11) is -1.15. The van der Waals surface area contributed by atoms with Gasteiger partial charge in [-0.15, -0.1) is 0 Å². The largest absolute Gasteiger partial charge is 0.409 e. The third kappa shape index (κ3) is 4.44. The number of benzene rings is 1. The highest BCUT2D eigenvalue weighted by Gasteiger charge is 2.09. The predicted molar refractivity (Wildman–Crippen MR) is 76.7 cm³/mol. The minimum Gasteiger partial charge on any atom is -0.409 e. The van der Waals surface area contributed by atoms with Crippen molar-refractivity contribution in [2.45, 2.75) is 6.92 Å². The Morgan fingerprint density at radius 3 is 2.58 bits per heavy atom. The fourth-order valence-corrected chi connectivity index (χ4v) is 2.26. The number of oxime groups is 1. The lowest BCUT2D eigenvalue weighted by Gasteiger charge is -2.20. The highest BCUT2D eigenvalue weighted by Crippen LogP contribution is 2.18. The third-order valence-electron chi connectivity index (χ3n) is 2.83. The van der Waals surface area contributed by atoms with Crippen molar-refractivity contribution < 1.29 is 13.6 Å². The number of nitrogens with zero attached hydrogens (tertiary/aromatic N) is 2. The molecule has 1 aromatic rings. The summed E-state index contributed by atoms with van der Waals surface area (Å²) in [6, 6.07) is 5.43. The molecule has 0 aromatic heterocycles. The van der Waals surface area contributed by atoms with Crippen molar-refractivity contribution in [1.29, 1.82) is 0 Å². The molecule has 6 nitrogen and oxygen atoms in total. The molecule has 1 aromatic carbocycles. The molecule has 0 amide bonds. The lowest BCUT2D eigenvalue weighted by molar-refractivity contribution is 0.318. The monoisotopic (exact) mass is 285 g/mol. The molecule has 7 heteroatoms. The van der Waals surface area contributed by atoms with E-state index >= 15 is 0 Å². The van der Waals surface area contributed by atoms with Crippen LogP contribution >= 0.6 is 0 Å². The molecule has 0 atom stereocenters. The average molecular weight is 285 g/mol. The number of rotatable bonds is 5. The fraction of sp³-hybridized carbons (Fsp3) is 0.417. The Kier molecular flexibility index (Phi) is 4.77. The lowest BCUT2D eigenvalue weighted by Crippen LogP contribution is -2.25. The van der Waals surface area contributed by atoms with Crippen LogP contribution in [0.3, 0.4) is 0 Å². The molecule has 106 valence electrons. The van der Waals surface area contributed by atoms with Gasteiger partial charge in [-0.3, -0.25) is 0 Å². The molecular formula is C12H19N3O3S. The number of amidine groups is 1. The molecule has 0 aliphatic heterocycles. The van der Waals surface area contributed by atoms with Gasteiger partial charge in [0, 0.05) is 31.1 Å². The van der Waals surface area contributed by atoms with Gasteiger partial charge in [0.15, 0.2) is 5.84 Å². The summed E-state index contributed by atoms with van der Waals surface area (Å²) in [5, 5.41) is 11.6. The Hall–Kier alpha value is -1.76. The minimum absolute atomic E-state index is 0.0582. The topological polar surface area (TPSA) is 96.0 Å². The summed E-state index contributed by atoms with van der Waals surface area (Å²) in [5.41, 5.74) is 7.94. The molecule has 0 heterocycles. The lowest BCUT2D eigenvalue weighted by atomic mass is 10.1. The Morgan fingerprint density at radius 1 is 1.47 bits per heavy atom. The SMILES string of the molecule is Cc1cc(N(C)CCS(C)(=O)=O)ccc1/C(N)=N/O. The second kappa shape index (κ2) is 5.92. The van der Waals surface area contributed by atoms with E-state index in [1.807, 2.05) is 31.0 Å². The number of nitrogens with two attached hydrogens (primary N) is 1. The van der Waals surface area contributed by atoms with E-state index in [2.05, 4.69) is 5.16 Å². The van der Waals surface area contributed by atoms with Crippen LogP contribution in [0.25, 0.3) is 0 Å². The number of anilines is 1. The quantitative estimate of drug-likeness (QED) is 0.357. The molecule has 0 aliphatic rings. The van der Waals surface area contributed by atoms with E-state index in [1.165, 1.54) is 6.26 Å². The summed E-state index contributed by atoms with van der Waals surface area (Å²) < 4.78 is 22.3. The molecule has 3 N–H and O–H groups in total. The maximum atomic E-state index is 11.1.